The lowest BCUT2D eigenvalue weighted by molar-refractivity contribution is -0.197. The second kappa shape index (κ2) is 17.2. The molecule has 206 valence electrons. The van der Waals surface area contributed by atoms with Crippen molar-refractivity contribution in [3.63, 3.8) is 0 Å². The number of hydrogen-bond acceptors (Lipinski definition) is 7. The van der Waals surface area contributed by atoms with E-state index >= 15 is 0 Å². The number of hydroxylamine groups is 2. The monoisotopic (exact) mass is 509 g/mol. The molecule has 0 saturated carbocycles. The molecule has 0 aromatic heterocycles. The molecule has 0 aromatic carbocycles. The summed E-state index contributed by atoms with van der Waals surface area (Å²) in [6.07, 6.45) is 13.4. The van der Waals surface area contributed by atoms with E-state index in [0.717, 1.165) is 19.3 Å². The van der Waals surface area contributed by atoms with E-state index in [4.69, 9.17) is 9.57 Å². The van der Waals surface area contributed by atoms with Crippen LogP contribution < -0.4 is 0 Å². The second-order valence-corrected chi connectivity index (χ2v) is 10.8. The Balaban J connectivity index is 2.38. The number of imide groups is 1. The van der Waals surface area contributed by atoms with Gasteiger partial charge in [-0.3, -0.25) is 19.2 Å². The van der Waals surface area contributed by atoms with E-state index in [2.05, 4.69) is 6.92 Å². The smallest absolute Gasteiger partial charge is 0.333 e. The van der Waals surface area contributed by atoms with Crippen LogP contribution in [0.3, 0.4) is 0 Å². The van der Waals surface area contributed by atoms with Gasteiger partial charge in [-0.05, 0) is 33.6 Å². The number of hydrogen-bond donors (Lipinski definition) is 0. The van der Waals surface area contributed by atoms with Gasteiger partial charge in [0, 0.05) is 32.1 Å². The van der Waals surface area contributed by atoms with Crippen LogP contribution >= 0.6 is 0 Å². The van der Waals surface area contributed by atoms with Gasteiger partial charge in [0.15, 0.2) is 0 Å². The minimum atomic E-state index is -0.787. The fourth-order valence-electron chi connectivity index (χ4n) is 4.15. The molecule has 1 aliphatic rings. The molecular formula is C28H47NO7. The Morgan fingerprint density at radius 2 is 1.31 bits per heavy atom. The van der Waals surface area contributed by atoms with E-state index in [1.807, 2.05) is 0 Å². The van der Waals surface area contributed by atoms with Crippen LogP contribution in [0, 0.1) is 5.92 Å². The number of ketones is 1. The van der Waals surface area contributed by atoms with Gasteiger partial charge in [0.05, 0.1) is 5.92 Å². The Hall–Kier alpha value is -2.25. The van der Waals surface area contributed by atoms with Gasteiger partial charge in [0.2, 0.25) is 0 Å². The fraction of sp³-hybridized carbons (Fsp3) is 0.821. The van der Waals surface area contributed by atoms with Crippen molar-refractivity contribution in [3.8, 4) is 0 Å². The molecule has 1 aliphatic heterocycles. The first kappa shape index (κ1) is 31.8. The summed E-state index contributed by atoms with van der Waals surface area (Å²) in [7, 11) is 0. The van der Waals surface area contributed by atoms with Gasteiger partial charge in [-0.1, -0.05) is 71.1 Å². The maximum Gasteiger partial charge on any atom is 0.333 e. The molecule has 1 rings (SSSR count). The number of Topliss-reactive ketones (excluding diaryl/α,β-unsaturated/α-hetero) is 1. The van der Waals surface area contributed by atoms with Crippen molar-refractivity contribution in [2.75, 3.05) is 0 Å². The lowest BCUT2D eigenvalue weighted by Crippen LogP contribution is -2.33. The van der Waals surface area contributed by atoms with Crippen LogP contribution in [0.1, 0.15) is 137 Å². The first-order valence-electron chi connectivity index (χ1n) is 13.8. The average molecular weight is 510 g/mol. The molecule has 0 aromatic rings. The maximum absolute atomic E-state index is 12.7. The molecule has 2 amide bonds. The average Bonchev–Trinajstić information content (AvgIpc) is 3.11. The van der Waals surface area contributed by atoms with Crippen LogP contribution in [0.15, 0.2) is 0 Å². The Morgan fingerprint density at radius 1 is 0.806 bits per heavy atom. The molecule has 0 N–H and O–H groups in total. The van der Waals surface area contributed by atoms with E-state index in [9.17, 15) is 24.0 Å². The first-order valence-corrected chi connectivity index (χ1v) is 13.8. The van der Waals surface area contributed by atoms with Crippen LogP contribution in [0.5, 0.6) is 0 Å². The summed E-state index contributed by atoms with van der Waals surface area (Å²) in [5, 5.41) is 0.489. The lowest BCUT2D eigenvalue weighted by atomic mass is 9.94. The van der Waals surface area contributed by atoms with Crippen molar-refractivity contribution in [2.45, 2.75) is 142 Å². The van der Waals surface area contributed by atoms with Gasteiger partial charge in [-0.2, -0.15) is 0 Å². The normalized spacial score (nSPS) is 14.7. The molecule has 1 saturated heterocycles. The number of nitrogens with zero attached hydrogens (tertiary/aromatic N) is 1. The predicted octanol–water partition coefficient (Wildman–Crippen LogP) is 5.99. The number of carbonyl (C=O) groups is 5. The highest BCUT2D eigenvalue weighted by molar-refractivity contribution is 6.01. The van der Waals surface area contributed by atoms with Gasteiger partial charge in [-0.15, -0.1) is 5.06 Å². The summed E-state index contributed by atoms with van der Waals surface area (Å²) in [6, 6.07) is 0. The third kappa shape index (κ3) is 14.3. The van der Waals surface area contributed by atoms with Gasteiger partial charge < -0.3 is 9.57 Å². The molecule has 0 aliphatic carbocycles. The summed E-state index contributed by atoms with van der Waals surface area (Å²) in [4.78, 5) is 65.5. The van der Waals surface area contributed by atoms with Gasteiger partial charge in [0.1, 0.15) is 11.4 Å². The molecule has 1 fully saturated rings. The zero-order chi connectivity index (χ0) is 27.0. The molecule has 1 atom stereocenters. The van der Waals surface area contributed by atoms with Crippen LogP contribution in [-0.4, -0.2) is 40.2 Å². The highest BCUT2D eigenvalue weighted by atomic mass is 16.7. The van der Waals surface area contributed by atoms with E-state index < -0.39 is 35.3 Å². The van der Waals surface area contributed by atoms with E-state index in [1.54, 1.807) is 20.8 Å². The molecule has 0 bridgehead atoms. The van der Waals surface area contributed by atoms with Crippen molar-refractivity contribution >= 4 is 29.5 Å². The standard InChI is InChI=1S/C28H47NO7/c1-5-6-7-8-9-10-11-12-13-14-15-16-23(30)21-22(27(34)35-28(2,3)4)17-20-26(33)36-29-24(31)18-19-25(29)32/h22H,5-21H2,1-4H3/t22-/m1/s1. The van der Waals surface area contributed by atoms with E-state index in [1.165, 1.54) is 51.4 Å². The zero-order valence-electron chi connectivity index (χ0n) is 22.9. The van der Waals surface area contributed by atoms with Gasteiger partial charge >= 0.3 is 11.9 Å². The van der Waals surface area contributed by atoms with Gasteiger partial charge in [-0.25, -0.2) is 4.79 Å². The third-order valence-electron chi connectivity index (χ3n) is 6.17. The van der Waals surface area contributed by atoms with Crippen LogP contribution in [0.2, 0.25) is 0 Å². The highest BCUT2D eigenvalue weighted by Crippen LogP contribution is 2.21. The number of rotatable bonds is 19. The van der Waals surface area contributed by atoms with E-state index in [0.29, 0.717) is 11.5 Å². The number of ether oxygens (including phenoxy) is 1. The Labute approximate surface area is 216 Å². The number of unbranched alkanes of at least 4 members (excludes halogenated alkanes) is 10. The Bertz CT molecular complexity index is 710. The summed E-state index contributed by atoms with van der Waals surface area (Å²) in [5.74, 6) is -3.23. The quantitative estimate of drug-likeness (QED) is 0.119. The first-order chi connectivity index (χ1) is 17.0. The second-order valence-electron chi connectivity index (χ2n) is 10.8. The number of amides is 2. The zero-order valence-corrected chi connectivity index (χ0v) is 22.9. The molecule has 8 nitrogen and oxygen atoms in total. The molecule has 0 radical (unpaired) electrons. The highest BCUT2D eigenvalue weighted by Gasteiger charge is 2.33. The maximum atomic E-state index is 12.7. The van der Waals surface area contributed by atoms with E-state index in [-0.39, 0.29) is 37.9 Å². The van der Waals surface area contributed by atoms with Crippen molar-refractivity contribution in [1.82, 2.24) is 5.06 Å². The van der Waals surface area contributed by atoms with Crippen molar-refractivity contribution in [1.29, 1.82) is 0 Å². The predicted molar refractivity (Wildman–Crippen MR) is 136 cm³/mol. The molecule has 1 heterocycles. The summed E-state index contributed by atoms with van der Waals surface area (Å²) in [5.41, 5.74) is -0.719. The van der Waals surface area contributed by atoms with Crippen molar-refractivity contribution in [3.05, 3.63) is 0 Å². The van der Waals surface area contributed by atoms with Gasteiger partial charge in [0.25, 0.3) is 11.8 Å². The molecular weight excluding hydrogens is 462 g/mol. The lowest BCUT2D eigenvalue weighted by Gasteiger charge is -2.23. The molecule has 0 spiro atoms. The summed E-state index contributed by atoms with van der Waals surface area (Å²) < 4.78 is 5.45. The Morgan fingerprint density at radius 3 is 1.81 bits per heavy atom. The molecule has 8 heteroatoms. The Kier molecular flexibility index (Phi) is 15.2. The topological polar surface area (TPSA) is 107 Å². The summed E-state index contributed by atoms with van der Waals surface area (Å²) in [6.45, 7) is 7.46. The largest absolute Gasteiger partial charge is 0.460 e. The number of carbonyl (C=O) groups excluding carboxylic acids is 5. The molecule has 36 heavy (non-hydrogen) atoms. The fourth-order valence-corrected chi connectivity index (χ4v) is 4.15. The van der Waals surface area contributed by atoms with Crippen molar-refractivity contribution in [2.24, 2.45) is 5.92 Å². The summed E-state index contributed by atoms with van der Waals surface area (Å²) >= 11 is 0. The minimum Gasteiger partial charge on any atom is -0.460 e. The van der Waals surface area contributed by atoms with Crippen molar-refractivity contribution < 1.29 is 33.5 Å². The third-order valence-corrected chi connectivity index (χ3v) is 6.17. The molecule has 0 unspecified atom stereocenters. The van der Waals surface area contributed by atoms with Crippen LogP contribution in [-0.2, 0) is 33.5 Å². The van der Waals surface area contributed by atoms with Crippen LogP contribution in [0.25, 0.3) is 0 Å². The SMILES string of the molecule is CCCCCCCCCCCCCC(=O)C[C@@H](CCC(=O)ON1C(=O)CCC1=O)C(=O)OC(C)(C)C. The number of esters is 1. The van der Waals surface area contributed by atoms with Crippen LogP contribution in [0.4, 0.5) is 0 Å². The minimum absolute atomic E-state index is 0.00152.